The van der Waals surface area contributed by atoms with Crippen molar-refractivity contribution in [1.29, 1.82) is 0 Å². The van der Waals surface area contributed by atoms with Crippen molar-refractivity contribution in [3.63, 3.8) is 0 Å². The van der Waals surface area contributed by atoms with Gasteiger partial charge >= 0.3 is 0 Å². The molecule has 2 aromatic rings. The molecule has 0 aromatic carbocycles. The first-order chi connectivity index (χ1) is 8.10. The SMILES string of the molecule is CNC(Cc1nc(C)c(C)s1)c1csc(C)n1. The minimum Gasteiger partial charge on any atom is -0.311 e. The van der Waals surface area contributed by atoms with Crippen molar-refractivity contribution in [2.75, 3.05) is 7.05 Å². The van der Waals surface area contributed by atoms with Crippen LogP contribution in [0.2, 0.25) is 0 Å². The number of nitrogens with one attached hydrogen (secondary N) is 1. The predicted octanol–water partition coefficient (Wildman–Crippen LogP) is 3.03. The molecule has 0 spiro atoms. The van der Waals surface area contributed by atoms with E-state index < -0.39 is 0 Å². The largest absolute Gasteiger partial charge is 0.311 e. The Balaban J connectivity index is 2.15. The van der Waals surface area contributed by atoms with E-state index in [0.717, 1.165) is 22.8 Å². The zero-order chi connectivity index (χ0) is 12.4. The van der Waals surface area contributed by atoms with Crippen molar-refractivity contribution < 1.29 is 0 Å². The van der Waals surface area contributed by atoms with Gasteiger partial charge in [-0.25, -0.2) is 9.97 Å². The Kier molecular flexibility index (Phi) is 3.91. The first kappa shape index (κ1) is 12.7. The van der Waals surface area contributed by atoms with Crippen LogP contribution in [0.5, 0.6) is 0 Å². The summed E-state index contributed by atoms with van der Waals surface area (Å²) in [6, 6.07) is 0.268. The number of aromatic nitrogens is 2. The minimum absolute atomic E-state index is 0.268. The van der Waals surface area contributed by atoms with Gasteiger partial charge in [-0.1, -0.05) is 0 Å². The van der Waals surface area contributed by atoms with Crippen LogP contribution in [0.25, 0.3) is 0 Å². The van der Waals surface area contributed by atoms with E-state index in [1.165, 1.54) is 9.88 Å². The Morgan fingerprint density at radius 2 is 2.06 bits per heavy atom. The van der Waals surface area contributed by atoms with Crippen molar-refractivity contribution in [2.24, 2.45) is 0 Å². The fourth-order valence-corrected chi connectivity index (χ4v) is 3.34. The third-order valence-corrected chi connectivity index (χ3v) is 4.68. The molecule has 1 N–H and O–H groups in total. The van der Waals surface area contributed by atoms with Gasteiger partial charge in [0.25, 0.3) is 0 Å². The Labute approximate surface area is 110 Å². The summed E-state index contributed by atoms with van der Waals surface area (Å²) in [5.74, 6) is 0. The van der Waals surface area contributed by atoms with Gasteiger partial charge in [-0.3, -0.25) is 0 Å². The van der Waals surface area contributed by atoms with Gasteiger partial charge in [0.05, 0.1) is 27.4 Å². The summed E-state index contributed by atoms with van der Waals surface area (Å²) in [5.41, 5.74) is 2.27. The smallest absolute Gasteiger partial charge is 0.0950 e. The van der Waals surface area contributed by atoms with E-state index in [1.807, 2.05) is 14.0 Å². The molecule has 0 amide bonds. The van der Waals surface area contributed by atoms with Gasteiger partial charge < -0.3 is 5.32 Å². The fraction of sp³-hybridized carbons (Fsp3) is 0.500. The lowest BCUT2D eigenvalue weighted by atomic mass is 10.1. The number of likely N-dealkylation sites (N-methyl/N-ethyl adjacent to an activating group) is 1. The highest BCUT2D eigenvalue weighted by Crippen LogP contribution is 2.24. The van der Waals surface area contributed by atoms with E-state index in [4.69, 9.17) is 0 Å². The molecule has 2 heterocycles. The molecule has 0 saturated heterocycles. The topological polar surface area (TPSA) is 37.8 Å². The molecular formula is C12H17N3S2. The molecule has 0 radical (unpaired) electrons. The van der Waals surface area contributed by atoms with E-state index in [0.29, 0.717) is 0 Å². The number of aryl methyl sites for hydroxylation is 3. The van der Waals surface area contributed by atoms with Crippen molar-refractivity contribution in [1.82, 2.24) is 15.3 Å². The molecule has 0 bridgehead atoms. The second-order valence-electron chi connectivity index (χ2n) is 4.09. The summed E-state index contributed by atoms with van der Waals surface area (Å²) in [4.78, 5) is 10.4. The van der Waals surface area contributed by atoms with Gasteiger partial charge in [-0.15, -0.1) is 22.7 Å². The predicted molar refractivity (Wildman–Crippen MR) is 73.9 cm³/mol. The Morgan fingerprint density at radius 3 is 2.53 bits per heavy atom. The molecule has 0 aliphatic carbocycles. The first-order valence-corrected chi connectivity index (χ1v) is 7.32. The summed E-state index contributed by atoms with van der Waals surface area (Å²) in [5, 5.41) is 7.75. The number of nitrogens with zero attached hydrogens (tertiary/aromatic N) is 2. The van der Waals surface area contributed by atoms with Crippen LogP contribution in [0, 0.1) is 20.8 Å². The molecule has 17 heavy (non-hydrogen) atoms. The highest BCUT2D eigenvalue weighted by molar-refractivity contribution is 7.11. The van der Waals surface area contributed by atoms with Crippen LogP contribution >= 0.6 is 22.7 Å². The molecular weight excluding hydrogens is 250 g/mol. The molecule has 2 rings (SSSR count). The maximum Gasteiger partial charge on any atom is 0.0950 e. The van der Waals surface area contributed by atoms with Gasteiger partial charge in [0.2, 0.25) is 0 Å². The third-order valence-electron chi connectivity index (χ3n) is 2.79. The lowest BCUT2D eigenvalue weighted by Crippen LogP contribution is -2.19. The first-order valence-electron chi connectivity index (χ1n) is 5.62. The van der Waals surface area contributed by atoms with E-state index in [1.54, 1.807) is 22.7 Å². The van der Waals surface area contributed by atoms with Crippen LogP contribution in [0.4, 0.5) is 0 Å². The normalized spacial score (nSPS) is 12.9. The van der Waals surface area contributed by atoms with Gasteiger partial charge in [0.1, 0.15) is 0 Å². The van der Waals surface area contributed by atoms with Crippen molar-refractivity contribution >= 4 is 22.7 Å². The zero-order valence-electron chi connectivity index (χ0n) is 10.6. The second kappa shape index (κ2) is 5.25. The average Bonchev–Trinajstić information content (AvgIpc) is 2.83. The molecule has 1 atom stereocenters. The molecule has 0 aliphatic rings. The van der Waals surface area contributed by atoms with Crippen LogP contribution in [-0.4, -0.2) is 17.0 Å². The molecule has 2 aromatic heterocycles. The standard InChI is InChI=1S/C12H17N3S2/c1-7-8(2)17-12(14-7)5-10(13-4)11-6-16-9(3)15-11/h6,10,13H,5H2,1-4H3. The highest BCUT2D eigenvalue weighted by Gasteiger charge is 2.15. The number of hydrogen-bond acceptors (Lipinski definition) is 5. The van der Waals surface area contributed by atoms with E-state index in [-0.39, 0.29) is 6.04 Å². The van der Waals surface area contributed by atoms with E-state index in [9.17, 15) is 0 Å². The third kappa shape index (κ3) is 2.91. The molecule has 3 nitrogen and oxygen atoms in total. The molecule has 0 saturated carbocycles. The summed E-state index contributed by atoms with van der Waals surface area (Å²) in [6.45, 7) is 6.23. The fourth-order valence-electron chi connectivity index (χ4n) is 1.70. The van der Waals surface area contributed by atoms with Crippen LogP contribution in [0.15, 0.2) is 5.38 Å². The summed E-state index contributed by atoms with van der Waals surface area (Å²) in [7, 11) is 1.98. The average molecular weight is 267 g/mol. The molecule has 0 fully saturated rings. The molecule has 0 aliphatic heterocycles. The number of thiazole rings is 2. The molecule has 5 heteroatoms. The maximum atomic E-state index is 4.58. The van der Waals surface area contributed by atoms with Gasteiger partial charge in [-0.05, 0) is 27.8 Å². The summed E-state index contributed by atoms with van der Waals surface area (Å²) in [6.07, 6.45) is 0.916. The zero-order valence-corrected chi connectivity index (χ0v) is 12.2. The summed E-state index contributed by atoms with van der Waals surface area (Å²) < 4.78 is 0. The van der Waals surface area contributed by atoms with Crippen LogP contribution in [0.1, 0.15) is 32.3 Å². The van der Waals surface area contributed by atoms with Crippen LogP contribution in [0.3, 0.4) is 0 Å². The summed E-state index contributed by atoms with van der Waals surface area (Å²) >= 11 is 3.48. The Morgan fingerprint density at radius 1 is 1.29 bits per heavy atom. The monoisotopic (exact) mass is 267 g/mol. The molecule has 1 unspecified atom stereocenters. The van der Waals surface area contributed by atoms with E-state index in [2.05, 4.69) is 34.5 Å². The van der Waals surface area contributed by atoms with E-state index >= 15 is 0 Å². The van der Waals surface area contributed by atoms with Gasteiger partial charge in [-0.2, -0.15) is 0 Å². The lowest BCUT2D eigenvalue weighted by molar-refractivity contribution is 0.576. The van der Waals surface area contributed by atoms with Crippen LogP contribution < -0.4 is 5.32 Å². The number of hydrogen-bond donors (Lipinski definition) is 1. The van der Waals surface area contributed by atoms with Gasteiger partial charge in [0, 0.05) is 16.7 Å². The Hall–Kier alpha value is -0.780. The van der Waals surface area contributed by atoms with Crippen LogP contribution in [-0.2, 0) is 6.42 Å². The van der Waals surface area contributed by atoms with Crippen molar-refractivity contribution in [3.05, 3.63) is 31.7 Å². The molecule has 92 valence electrons. The van der Waals surface area contributed by atoms with Gasteiger partial charge in [0.15, 0.2) is 0 Å². The number of rotatable bonds is 4. The highest BCUT2D eigenvalue weighted by atomic mass is 32.1. The lowest BCUT2D eigenvalue weighted by Gasteiger charge is -2.11. The maximum absolute atomic E-state index is 4.58. The Bertz CT molecular complexity index is 482. The minimum atomic E-state index is 0.268. The van der Waals surface area contributed by atoms with Crippen molar-refractivity contribution in [2.45, 2.75) is 33.2 Å². The second-order valence-corrected chi connectivity index (χ2v) is 6.44. The quantitative estimate of drug-likeness (QED) is 0.925. The van der Waals surface area contributed by atoms with Crippen molar-refractivity contribution in [3.8, 4) is 0 Å².